The fourth-order valence-corrected chi connectivity index (χ4v) is 7.10. The van der Waals surface area contributed by atoms with Gasteiger partial charge in [-0.3, -0.25) is 18.9 Å². The molecule has 4 fully saturated rings. The Balaban J connectivity index is 1.60. The summed E-state index contributed by atoms with van der Waals surface area (Å²) in [5.74, 6) is -2.29. The van der Waals surface area contributed by atoms with Crippen LogP contribution in [-0.4, -0.2) is 231 Å². The summed E-state index contributed by atoms with van der Waals surface area (Å²) >= 11 is 0. The van der Waals surface area contributed by atoms with Gasteiger partial charge in [0.1, 0.15) is 97.5 Å². The van der Waals surface area contributed by atoms with Gasteiger partial charge in [-0.15, -0.1) is 0 Å². The molecule has 4 aliphatic rings. The Morgan fingerprint density at radius 3 is 1.55 bits per heavy atom. The van der Waals surface area contributed by atoms with Crippen LogP contribution in [0.2, 0.25) is 0 Å². The summed E-state index contributed by atoms with van der Waals surface area (Å²) in [4.78, 5) is 36.4. The molecule has 58 heavy (non-hydrogen) atoms. The number of carbonyl (C=O) groups excluding carboxylic acids is 3. The van der Waals surface area contributed by atoms with E-state index in [1.165, 1.54) is 0 Å². The molecule has 20 atom stereocenters. The predicted molar refractivity (Wildman–Crippen MR) is 179 cm³/mol. The van der Waals surface area contributed by atoms with Crippen molar-refractivity contribution in [2.75, 3.05) is 26.4 Å². The number of aliphatic hydroxyl groups excluding tert-OH is 10. The van der Waals surface area contributed by atoms with E-state index >= 15 is 0 Å². The number of hydrogen-bond acceptors (Lipinski definition) is 23. The van der Waals surface area contributed by atoms with Crippen molar-refractivity contribution in [1.29, 1.82) is 0 Å². The highest BCUT2D eigenvalue weighted by atomic mass is 32.3. The largest absolute Gasteiger partial charge is 0.397 e. The van der Waals surface area contributed by atoms with Crippen LogP contribution in [0.15, 0.2) is 0 Å². The van der Waals surface area contributed by atoms with Gasteiger partial charge in [0.2, 0.25) is 17.7 Å². The summed E-state index contributed by atoms with van der Waals surface area (Å²) in [6, 6.07) is -4.81. The molecule has 336 valence electrons. The molecule has 1 unspecified atom stereocenters. The smallest absolute Gasteiger partial charge is 0.394 e. The molecular formula is C30H51N3O24S. The predicted octanol–water partition coefficient (Wildman–Crippen LogP) is -9.49. The van der Waals surface area contributed by atoms with Crippen molar-refractivity contribution in [3.8, 4) is 0 Å². The van der Waals surface area contributed by atoms with Crippen molar-refractivity contribution in [2.24, 2.45) is 0 Å². The van der Waals surface area contributed by atoms with E-state index in [2.05, 4.69) is 20.1 Å². The van der Waals surface area contributed by atoms with Crippen molar-refractivity contribution < 1.29 is 116 Å². The van der Waals surface area contributed by atoms with E-state index in [0.717, 1.165) is 20.8 Å². The minimum absolute atomic E-state index is 0.724. The lowest BCUT2D eigenvalue weighted by Gasteiger charge is -2.48. The molecule has 28 heteroatoms. The first kappa shape index (κ1) is 48.3. The molecule has 0 aliphatic carbocycles. The Bertz CT molecular complexity index is 1500. The first-order valence-corrected chi connectivity index (χ1v) is 19.1. The number of nitrogens with one attached hydrogen (secondary N) is 3. The molecule has 0 aromatic carbocycles. The van der Waals surface area contributed by atoms with E-state index in [4.69, 9.17) is 33.2 Å². The van der Waals surface area contributed by atoms with Gasteiger partial charge in [0.15, 0.2) is 25.2 Å². The normalized spacial score (nSPS) is 43.6. The summed E-state index contributed by atoms with van der Waals surface area (Å²) in [7, 11) is -5.20. The number of rotatable bonds is 15. The van der Waals surface area contributed by atoms with Crippen molar-refractivity contribution in [2.45, 2.75) is 143 Å². The van der Waals surface area contributed by atoms with Crippen LogP contribution in [0.1, 0.15) is 20.8 Å². The lowest BCUT2D eigenvalue weighted by molar-refractivity contribution is -0.353. The van der Waals surface area contributed by atoms with Crippen LogP contribution >= 0.6 is 0 Å². The number of hydrogen-bond donors (Lipinski definition) is 14. The highest BCUT2D eigenvalue weighted by Gasteiger charge is 2.54. The molecule has 0 bridgehead atoms. The summed E-state index contributed by atoms with van der Waals surface area (Å²) < 4.78 is 76.2. The van der Waals surface area contributed by atoms with Gasteiger partial charge in [-0.2, -0.15) is 8.42 Å². The van der Waals surface area contributed by atoms with Crippen LogP contribution in [-0.2, 0) is 62.1 Å². The van der Waals surface area contributed by atoms with Gasteiger partial charge in [-0.1, -0.05) is 0 Å². The van der Waals surface area contributed by atoms with Crippen LogP contribution in [0.3, 0.4) is 0 Å². The third-order valence-corrected chi connectivity index (χ3v) is 10.0. The Kier molecular flexibility index (Phi) is 17.0. The Morgan fingerprint density at radius 1 is 0.534 bits per heavy atom. The van der Waals surface area contributed by atoms with Gasteiger partial charge in [-0.05, 0) is 0 Å². The maximum absolute atomic E-state index is 12.3. The van der Waals surface area contributed by atoms with Gasteiger partial charge >= 0.3 is 10.4 Å². The average molecular weight is 870 g/mol. The Hall–Kier alpha value is -2.40. The van der Waals surface area contributed by atoms with E-state index in [1.54, 1.807) is 0 Å². The third-order valence-electron chi connectivity index (χ3n) is 9.59. The van der Waals surface area contributed by atoms with Crippen LogP contribution in [0, 0.1) is 0 Å². The van der Waals surface area contributed by atoms with E-state index in [1.807, 2.05) is 0 Å². The first-order chi connectivity index (χ1) is 27.1. The second-order valence-corrected chi connectivity index (χ2v) is 15.0. The molecule has 4 rings (SSSR count). The topological polar surface area (TPSA) is 418 Å². The fraction of sp³-hybridized carbons (Fsp3) is 0.900. The maximum atomic E-state index is 12.3. The minimum Gasteiger partial charge on any atom is -0.394 e. The zero-order valence-corrected chi connectivity index (χ0v) is 31.8. The zero-order chi connectivity index (χ0) is 43.4. The molecule has 4 aliphatic heterocycles. The monoisotopic (exact) mass is 869 g/mol. The van der Waals surface area contributed by atoms with Crippen LogP contribution in [0.4, 0.5) is 0 Å². The molecular weight excluding hydrogens is 818 g/mol. The quantitative estimate of drug-likeness (QED) is 0.0679. The van der Waals surface area contributed by atoms with Gasteiger partial charge in [0.05, 0.1) is 26.4 Å². The molecule has 0 aromatic heterocycles. The Labute approximate surface area is 329 Å². The number of aliphatic hydroxyl groups is 10. The summed E-state index contributed by atoms with van der Waals surface area (Å²) in [5, 5.41) is 112. The summed E-state index contributed by atoms with van der Waals surface area (Å²) in [6.45, 7) is -0.587. The van der Waals surface area contributed by atoms with Gasteiger partial charge in [0, 0.05) is 20.8 Å². The van der Waals surface area contributed by atoms with E-state index < -0.39 is 177 Å². The highest BCUT2D eigenvalue weighted by molar-refractivity contribution is 7.80. The van der Waals surface area contributed by atoms with Crippen LogP contribution in [0.5, 0.6) is 0 Å². The van der Waals surface area contributed by atoms with Crippen molar-refractivity contribution >= 4 is 28.1 Å². The van der Waals surface area contributed by atoms with Crippen LogP contribution < -0.4 is 16.0 Å². The van der Waals surface area contributed by atoms with Gasteiger partial charge < -0.3 is 100 Å². The van der Waals surface area contributed by atoms with Crippen molar-refractivity contribution in [3.63, 3.8) is 0 Å². The lowest BCUT2D eigenvalue weighted by atomic mass is 9.94. The average Bonchev–Trinajstić information content (AvgIpc) is 3.14. The zero-order valence-electron chi connectivity index (χ0n) is 31.0. The fourth-order valence-electron chi connectivity index (χ4n) is 6.79. The number of ether oxygens (including phenoxy) is 7. The molecule has 4 saturated heterocycles. The summed E-state index contributed by atoms with van der Waals surface area (Å²) in [6.07, 6.45) is -31.0. The minimum atomic E-state index is -5.20. The summed E-state index contributed by atoms with van der Waals surface area (Å²) in [5.41, 5.74) is 0. The molecule has 0 saturated carbocycles. The maximum Gasteiger partial charge on any atom is 0.397 e. The molecule has 3 amide bonds. The SMILES string of the molecule is CC(=O)N[C@H]1[C@H](OC[C@H]2OC(O)[C@H](NC(C)=O)[C@@H](O[C@@H]3O[C@H](CO)[C@@H](O)[C@H](O)[C@H]3NC(C)=O)[C@H]2O)O[C@H](COS(=O)(=O)O)[C@@H](O[C@@H]2O[C@H](CO)[C@H](O)[C@H](O)[C@H]2O)[C@@H]1O. The Morgan fingerprint density at radius 2 is 1.02 bits per heavy atom. The van der Waals surface area contributed by atoms with Crippen molar-refractivity contribution in [3.05, 3.63) is 0 Å². The third kappa shape index (κ3) is 11.7. The number of amides is 3. The molecule has 0 radical (unpaired) electrons. The molecule has 0 spiro atoms. The van der Waals surface area contributed by atoms with Gasteiger partial charge in [-0.25, -0.2) is 4.18 Å². The van der Waals surface area contributed by atoms with Crippen molar-refractivity contribution in [1.82, 2.24) is 16.0 Å². The van der Waals surface area contributed by atoms with E-state index in [9.17, 15) is 78.4 Å². The molecule has 4 heterocycles. The second-order valence-electron chi connectivity index (χ2n) is 13.9. The second kappa shape index (κ2) is 20.4. The molecule has 27 nitrogen and oxygen atoms in total. The lowest BCUT2D eigenvalue weighted by Crippen LogP contribution is -2.70. The van der Waals surface area contributed by atoms with Gasteiger partial charge in [0.25, 0.3) is 0 Å². The van der Waals surface area contributed by atoms with E-state index in [-0.39, 0.29) is 0 Å². The van der Waals surface area contributed by atoms with Crippen LogP contribution in [0.25, 0.3) is 0 Å². The molecule has 0 aromatic rings. The number of carbonyl (C=O) groups is 3. The first-order valence-electron chi connectivity index (χ1n) is 17.7. The molecule has 14 N–H and O–H groups in total. The van der Waals surface area contributed by atoms with E-state index in [0.29, 0.717) is 0 Å². The highest BCUT2D eigenvalue weighted by Crippen LogP contribution is 2.33. The standard InChI is InChI=1S/C30H51N3O24S/c1-8(36)31-15-21(42)18(39)11(4-34)53-29(15)57-26-17(33-10(3)38)27(46)52-13(20(26)41)6-50-28-16(32-9(2)37)22(43)25(14(55-28)7-51-58(47,48)49)56-30-24(45)23(44)19(40)12(5-35)54-30/h11-30,34-35,39-46H,4-7H2,1-3H3,(H,31,36)(H,32,37)(H,33,38)(H,47,48,49)/t11-,12-,13-,14-,15-,16-,17-,18-,19+,20+,21-,22-,23+,24-,25-,26-,27?,28-,29+,30+/m1/s1.